The molecule has 0 saturated heterocycles. The lowest BCUT2D eigenvalue weighted by Gasteiger charge is -2.22. The first kappa shape index (κ1) is 17.1. The van der Waals surface area contributed by atoms with Gasteiger partial charge in [0, 0.05) is 18.2 Å². The monoisotopic (exact) mass is 363 g/mol. The molecule has 6 nitrogen and oxygen atoms in total. The molecule has 3 aromatic rings. The van der Waals surface area contributed by atoms with Gasteiger partial charge < -0.3 is 14.7 Å². The number of para-hydroxylation sites is 1. The standard InChI is InChI=1S/C21H21N3O3/c1-3-11-27-14-8-6-7-13(12-14)20-17-18(15-9-4-5-10-16(15)25)22-23-19(17)21(26)24(20)2/h4-10,12,20,25H,3,11H2,1-2H3,(H,22,23)/t20-/m1/s1. The molecule has 4 rings (SSSR count). The number of hydrogen-bond donors (Lipinski definition) is 2. The van der Waals surface area contributed by atoms with Gasteiger partial charge in [-0.15, -0.1) is 0 Å². The molecule has 6 heteroatoms. The van der Waals surface area contributed by atoms with Crippen molar-refractivity contribution in [2.24, 2.45) is 0 Å². The molecule has 0 bridgehead atoms. The van der Waals surface area contributed by atoms with E-state index in [1.807, 2.05) is 30.3 Å². The summed E-state index contributed by atoms with van der Waals surface area (Å²) in [7, 11) is 1.77. The molecule has 0 radical (unpaired) electrons. The number of amides is 1. The van der Waals surface area contributed by atoms with Crippen LogP contribution in [-0.4, -0.2) is 39.8 Å². The van der Waals surface area contributed by atoms with Gasteiger partial charge in [-0.25, -0.2) is 0 Å². The lowest BCUT2D eigenvalue weighted by molar-refractivity contribution is 0.0787. The maximum atomic E-state index is 12.7. The maximum absolute atomic E-state index is 12.7. The number of phenolic OH excluding ortho intramolecular Hbond substituents is 1. The number of H-pyrrole nitrogens is 1. The van der Waals surface area contributed by atoms with E-state index in [1.165, 1.54) is 0 Å². The molecule has 1 amide bonds. The van der Waals surface area contributed by atoms with Gasteiger partial charge >= 0.3 is 0 Å². The largest absolute Gasteiger partial charge is 0.507 e. The molecule has 2 aromatic carbocycles. The third-order valence-corrected chi connectivity index (χ3v) is 4.80. The van der Waals surface area contributed by atoms with Crippen LogP contribution in [0.15, 0.2) is 48.5 Å². The maximum Gasteiger partial charge on any atom is 0.272 e. The Morgan fingerprint density at radius 3 is 2.81 bits per heavy atom. The van der Waals surface area contributed by atoms with Crippen molar-refractivity contribution < 1.29 is 14.6 Å². The van der Waals surface area contributed by atoms with Crippen molar-refractivity contribution in [3.63, 3.8) is 0 Å². The first-order valence-corrected chi connectivity index (χ1v) is 8.98. The number of carbonyl (C=O) groups is 1. The Bertz CT molecular complexity index is 996. The van der Waals surface area contributed by atoms with Crippen LogP contribution in [0.25, 0.3) is 11.3 Å². The quantitative estimate of drug-likeness (QED) is 0.724. The van der Waals surface area contributed by atoms with E-state index in [0.29, 0.717) is 23.6 Å². The Hall–Kier alpha value is -3.28. The molecule has 138 valence electrons. The minimum atomic E-state index is -0.300. The number of carbonyl (C=O) groups excluding carboxylic acids is 1. The second-order valence-electron chi connectivity index (χ2n) is 6.62. The third kappa shape index (κ3) is 2.83. The van der Waals surface area contributed by atoms with Crippen LogP contribution >= 0.6 is 0 Å². The molecule has 1 aromatic heterocycles. The van der Waals surface area contributed by atoms with E-state index in [-0.39, 0.29) is 17.7 Å². The Morgan fingerprint density at radius 1 is 1.22 bits per heavy atom. The summed E-state index contributed by atoms with van der Waals surface area (Å²) >= 11 is 0. The Balaban J connectivity index is 1.83. The fourth-order valence-electron chi connectivity index (χ4n) is 3.53. The van der Waals surface area contributed by atoms with Crippen molar-refractivity contribution in [1.29, 1.82) is 0 Å². The number of rotatable bonds is 5. The predicted octanol–water partition coefficient (Wildman–Crippen LogP) is 3.75. The number of fused-ring (bicyclic) bond motifs is 1. The highest BCUT2D eigenvalue weighted by Crippen LogP contribution is 2.44. The van der Waals surface area contributed by atoms with Gasteiger partial charge in [-0.3, -0.25) is 9.89 Å². The smallest absolute Gasteiger partial charge is 0.272 e. The lowest BCUT2D eigenvalue weighted by atomic mass is 9.96. The first-order chi connectivity index (χ1) is 13.1. The van der Waals surface area contributed by atoms with Gasteiger partial charge in [-0.05, 0) is 36.2 Å². The van der Waals surface area contributed by atoms with Crippen LogP contribution in [0, 0.1) is 0 Å². The van der Waals surface area contributed by atoms with E-state index in [9.17, 15) is 9.90 Å². The van der Waals surface area contributed by atoms with Gasteiger partial charge in [0.1, 0.15) is 22.9 Å². The van der Waals surface area contributed by atoms with Crippen molar-refractivity contribution in [2.75, 3.05) is 13.7 Å². The first-order valence-electron chi connectivity index (χ1n) is 8.98. The Morgan fingerprint density at radius 2 is 2.04 bits per heavy atom. The second-order valence-corrected chi connectivity index (χ2v) is 6.62. The Labute approximate surface area is 157 Å². The lowest BCUT2D eigenvalue weighted by Crippen LogP contribution is -2.24. The summed E-state index contributed by atoms with van der Waals surface area (Å²) in [4.78, 5) is 14.4. The number of aromatic nitrogens is 2. The summed E-state index contributed by atoms with van der Waals surface area (Å²) < 4.78 is 5.75. The number of hydrogen-bond acceptors (Lipinski definition) is 4. The molecule has 0 saturated carbocycles. The van der Waals surface area contributed by atoms with Gasteiger partial charge in [0.2, 0.25) is 0 Å². The van der Waals surface area contributed by atoms with Crippen LogP contribution in [0.5, 0.6) is 11.5 Å². The van der Waals surface area contributed by atoms with Crippen molar-refractivity contribution in [1.82, 2.24) is 15.1 Å². The minimum Gasteiger partial charge on any atom is -0.507 e. The zero-order valence-corrected chi connectivity index (χ0v) is 15.3. The van der Waals surface area contributed by atoms with Crippen LogP contribution in [0.1, 0.15) is 41.0 Å². The van der Waals surface area contributed by atoms with Crippen LogP contribution in [0.3, 0.4) is 0 Å². The minimum absolute atomic E-state index is 0.121. The SMILES string of the molecule is CCCOc1cccc([C@@H]2c3c(-c4ccccc4O)n[nH]c3C(=O)N2C)c1. The van der Waals surface area contributed by atoms with Gasteiger partial charge in [0.15, 0.2) is 0 Å². The summed E-state index contributed by atoms with van der Waals surface area (Å²) in [5.74, 6) is 0.785. The van der Waals surface area contributed by atoms with E-state index in [2.05, 4.69) is 17.1 Å². The highest BCUT2D eigenvalue weighted by molar-refractivity contribution is 6.00. The summed E-state index contributed by atoms with van der Waals surface area (Å²) in [6.07, 6.45) is 0.926. The van der Waals surface area contributed by atoms with Crippen LogP contribution < -0.4 is 4.74 Å². The van der Waals surface area contributed by atoms with Crippen molar-refractivity contribution in [2.45, 2.75) is 19.4 Å². The molecule has 0 fully saturated rings. The summed E-state index contributed by atoms with van der Waals surface area (Å²) in [5.41, 5.74) is 3.36. The van der Waals surface area contributed by atoms with Crippen LogP contribution in [-0.2, 0) is 0 Å². The van der Waals surface area contributed by atoms with Crippen molar-refractivity contribution in [3.8, 4) is 22.8 Å². The highest BCUT2D eigenvalue weighted by atomic mass is 16.5. The topological polar surface area (TPSA) is 78.5 Å². The van der Waals surface area contributed by atoms with Gasteiger partial charge in [-0.1, -0.05) is 31.2 Å². The number of nitrogens with one attached hydrogen (secondary N) is 1. The molecule has 0 spiro atoms. The van der Waals surface area contributed by atoms with Gasteiger partial charge in [0.25, 0.3) is 5.91 Å². The number of phenols is 1. The number of aromatic amines is 1. The fourth-order valence-corrected chi connectivity index (χ4v) is 3.53. The normalized spacial score (nSPS) is 15.9. The van der Waals surface area contributed by atoms with Crippen molar-refractivity contribution in [3.05, 3.63) is 65.4 Å². The molecule has 27 heavy (non-hydrogen) atoms. The highest BCUT2D eigenvalue weighted by Gasteiger charge is 2.40. The number of benzene rings is 2. The molecule has 0 unspecified atom stereocenters. The second kappa shape index (κ2) is 6.79. The van der Waals surface area contributed by atoms with Crippen LogP contribution in [0.2, 0.25) is 0 Å². The molecular weight excluding hydrogens is 342 g/mol. The average Bonchev–Trinajstić information content (AvgIpc) is 3.20. The Kier molecular flexibility index (Phi) is 4.32. The predicted molar refractivity (Wildman–Crippen MR) is 102 cm³/mol. The van der Waals surface area contributed by atoms with E-state index >= 15 is 0 Å². The molecule has 0 aliphatic carbocycles. The molecule has 1 aliphatic heterocycles. The van der Waals surface area contributed by atoms with Crippen LogP contribution in [0.4, 0.5) is 0 Å². The van der Waals surface area contributed by atoms with Gasteiger partial charge in [-0.2, -0.15) is 5.10 Å². The number of aromatic hydroxyl groups is 1. The zero-order chi connectivity index (χ0) is 19.0. The number of nitrogens with zero attached hydrogens (tertiary/aromatic N) is 2. The fraction of sp³-hybridized carbons (Fsp3) is 0.238. The molecule has 2 heterocycles. The molecule has 1 aliphatic rings. The summed E-state index contributed by atoms with van der Waals surface area (Å²) in [6, 6.07) is 14.5. The molecular formula is C21H21N3O3. The summed E-state index contributed by atoms with van der Waals surface area (Å²) in [6.45, 7) is 2.70. The average molecular weight is 363 g/mol. The van der Waals surface area contributed by atoms with E-state index in [1.54, 1.807) is 30.1 Å². The third-order valence-electron chi connectivity index (χ3n) is 4.80. The van der Waals surface area contributed by atoms with E-state index < -0.39 is 0 Å². The van der Waals surface area contributed by atoms with Gasteiger partial charge in [0.05, 0.1) is 12.6 Å². The molecule has 2 N–H and O–H groups in total. The number of ether oxygens (including phenoxy) is 1. The summed E-state index contributed by atoms with van der Waals surface area (Å²) in [5, 5.41) is 17.5. The van der Waals surface area contributed by atoms with E-state index in [4.69, 9.17) is 4.74 Å². The van der Waals surface area contributed by atoms with E-state index in [0.717, 1.165) is 23.3 Å². The zero-order valence-electron chi connectivity index (χ0n) is 15.3. The molecule has 1 atom stereocenters. The van der Waals surface area contributed by atoms with Crippen molar-refractivity contribution >= 4 is 5.91 Å².